The Kier molecular flexibility index (Phi) is 2.94. The van der Waals surface area contributed by atoms with Crippen LogP contribution in [-0.2, 0) is 6.18 Å². The molecule has 0 radical (unpaired) electrons. The third kappa shape index (κ3) is 2.42. The van der Waals surface area contributed by atoms with Gasteiger partial charge in [0.1, 0.15) is 5.82 Å². The molecule has 94 valence electrons. The van der Waals surface area contributed by atoms with Crippen molar-refractivity contribution in [3.63, 3.8) is 0 Å². The zero-order chi connectivity index (χ0) is 13.3. The minimum absolute atomic E-state index is 0.0471. The first-order chi connectivity index (χ1) is 8.38. The van der Waals surface area contributed by atoms with E-state index in [-0.39, 0.29) is 11.1 Å². The lowest BCUT2D eigenvalue weighted by atomic mass is 10.0. The lowest BCUT2D eigenvalue weighted by Crippen LogP contribution is -2.06. The highest BCUT2D eigenvalue weighted by Gasteiger charge is 2.31. The predicted octanol–water partition coefficient (Wildman–Crippen LogP) is 3.20. The summed E-state index contributed by atoms with van der Waals surface area (Å²) in [5.74, 6) is -1.02. The van der Waals surface area contributed by atoms with Gasteiger partial charge >= 0.3 is 6.18 Å². The number of aromatic nitrogens is 1. The Hall–Kier alpha value is -2.11. The van der Waals surface area contributed by atoms with Gasteiger partial charge in [-0.05, 0) is 23.8 Å². The Bertz CT molecular complexity index is 630. The molecule has 1 aromatic carbocycles. The number of hydrogen-bond acceptors (Lipinski definition) is 1. The van der Waals surface area contributed by atoms with Crippen LogP contribution in [0.2, 0.25) is 0 Å². The quantitative estimate of drug-likeness (QED) is 0.782. The molecule has 0 unspecified atom stereocenters. The van der Waals surface area contributed by atoms with Crippen molar-refractivity contribution in [3.8, 4) is 11.1 Å². The number of alkyl halides is 3. The van der Waals surface area contributed by atoms with E-state index < -0.39 is 23.1 Å². The average molecular weight is 257 g/mol. The van der Waals surface area contributed by atoms with Crippen LogP contribution in [-0.4, -0.2) is 4.98 Å². The van der Waals surface area contributed by atoms with Gasteiger partial charge in [-0.2, -0.15) is 13.2 Å². The fourth-order valence-corrected chi connectivity index (χ4v) is 1.54. The number of pyridine rings is 1. The van der Waals surface area contributed by atoms with Crippen molar-refractivity contribution >= 4 is 0 Å². The van der Waals surface area contributed by atoms with Crippen molar-refractivity contribution in [2.24, 2.45) is 0 Å². The van der Waals surface area contributed by atoms with Crippen molar-refractivity contribution in [2.75, 3.05) is 0 Å². The molecule has 6 heteroatoms. The van der Waals surface area contributed by atoms with E-state index in [1.54, 1.807) is 0 Å². The summed E-state index contributed by atoms with van der Waals surface area (Å²) in [6, 6.07) is 4.72. The zero-order valence-corrected chi connectivity index (χ0v) is 8.88. The summed E-state index contributed by atoms with van der Waals surface area (Å²) in [5, 5.41) is 0. The fraction of sp³-hybridized carbons (Fsp3) is 0.0833. The van der Waals surface area contributed by atoms with E-state index in [0.717, 1.165) is 18.2 Å². The zero-order valence-electron chi connectivity index (χ0n) is 8.88. The third-order valence-corrected chi connectivity index (χ3v) is 2.38. The van der Waals surface area contributed by atoms with Crippen LogP contribution in [0.25, 0.3) is 11.1 Å². The van der Waals surface area contributed by atoms with Gasteiger partial charge in [-0.25, -0.2) is 4.39 Å². The molecule has 1 N–H and O–H groups in total. The highest BCUT2D eigenvalue weighted by molar-refractivity contribution is 5.63. The summed E-state index contributed by atoms with van der Waals surface area (Å²) in [5.41, 5.74) is -1.33. The molecule has 1 aromatic heterocycles. The van der Waals surface area contributed by atoms with Crippen LogP contribution < -0.4 is 5.56 Å². The molecule has 0 aliphatic rings. The SMILES string of the molecule is O=c1cc(-c2ccc(C(F)(F)F)cc2F)cc[nH]1. The van der Waals surface area contributed by atoms with E-state index in [1.165, 1.54) is 12.3 Å². The van der Waals surface area contributed by atoms with Crippen molar-refractivity contribution in [3.05, 3.63) is 58.3 Å². The number of aromatic amines is 1. The van der Waals surface area contributed by atoms with Crippen molar-refractivity contribution < 1.29 is 17.6 Å². The van der Waals surface area contributed by atoms with Gasteiger partial charge in [-0.3, -0.25) is 4.79 Å². The smallest absolute Gasteiger partial charge is 0.329 e. The number of nitrogens with one attached hydrogen (secondary N) is 1. The lowest BCUT2D eigenvalue weighted by molar-refractivity contribution is -0.137. The van der Waals surface area contributed by atoms with Gasteiger partial charge in [0.2, 0.25) is 5.56 Å². The summed E-state index contributed by atoms with van der Waals surface area (Å²) in [7, 11) is 0. The van der Waals surface area contributed by atoms with E-state index in [0.29, 0.717) is 6.07 Å². The molecule has 0 aliphatic carbocycles. The third-order valence-electron chi connectivity index (χ3n) is 2.38. The molecule has 0 aliphatic heterocycles. The monoisotopic (exact) mass is 257 g/mol. The van der Waals surface area contributed by atoms with E-state index in [2.05, 4.69) is 4.98 Å². The molecule has 0 saturated heterocycles. The van der Waals surface area contributed by atoms with Gasteiger partial charge < -0.3 is 4.98 Å². The predicted molar refractivity (Wildman–Crippen MR) is 57.5 cm³/mol. The number of hydrogen-bond donors (Lipinski definition) is 1. The number of halogens is 4. The first-order valence-electron chi connectivity index (χ1n) is 4.94. The van der Waals surface area contributed by atoms with E-state index in [9.17, 15) is 22.4 Å². The Morgan fingerprint density at radius 1 is 1.06 bits per heavy atom. The summed E-state index contributed by atoms with van der Waals surface area (Å²) in [6.07, 6.45) is -3.29. The minimum atomic E-state index is -4.59. The molecule has 2 rings (SSSR count). The largest absolute Gasteiger partial charge is 0.416 e. The second kappa shape index (κ2) is 4.29. The normalized spacial score (nSPS) is 11.6. The fourth-order valence-electron chi connectivity index (χ4n) is 1.54. The maximum atomic E-state index is 13.6. The van der Waals surface area contributed by atoms with Crippen LogP contribution in [0.4, 0.5) is 17.6 Å². The summed E-state index contributed by atoms with van der Waals surface area (Å²) < 4.78 is 50.6. The van der Waals surface area contributed by atoms with Crippen LogP contribution in [0.1, 0.15) is 5.56 Å². The molecule has 0 fully saturated rings. The van der Waals surface area contributed by atoms with E-state index in [4.69, 9.17) is 0 Å². The first-order valence-corrected chi connectivity index (χ1v) is 4.94. The van der Waals surface area contributed by atoms with E-state index >= 15 is 0 Å². The highest BCUT2D eigenvalue weighted by atomic mass is 19.4. The first kappa shape index (κ1) is 12.3. The van der Waals surface area contributed by atoms with Crippen molar-refractivity contribution in [1.29, 1.82) is 0 Å². The van der Waals surface area contributed by atoms with Gasteiger partial charge in [0.15, 0.2) is 0 Å². The highest BCUT2D eigenvalue weighted by Crippen LogP contribution is 2.32. The van der Waals surface area contributed by atoms with Gasteiger partial charge in [-0.1, -0.05) is 6.07 Å². The maximum Gasteiger partial charge on any atom is 0.416 e. The Balaban J connectivity index is 2.52. The number of H-pyrrole nitrogens is 1. The lowest BCUT2D eigenvalue weighted by Gasteiger charge is -2.09. The average Bonchev–Trinajstić information content (AvgIpc) is 2.27. The second-order valence-electron chi connectivity index (χ2n) is 3.63. The summed E-state index contributed by atoms with van der Waals surface area (Å²) in [6.45, 7) is 0. The topological polar surface area (TPSA) is 32.9 Å². The number of rotatable bonds is 1. The molecule has 0 saturated carbocycles. The molecule has 18 heavy (non-hydrogen) atoms. The molecule has 2 nitrogen and oxygen atoms in total. The molecule has 0 spiro atoms. The van der Waals surface area contributed by atoms with Gasteiger partial charge in [0.05, 0.1) is 5.56 Å². The van der Waals surface area contributed by atoms with Crippen molar-refractivity contribution in [1.82, 2.24) is 4.98 Å². The molecule has 1 heterocycles. The Morgan fingerprint density at radius 2 is 1.78 bits per heavy atom. The minimum Gasteiger partial charge on any atom is -0.329 e. The molecule has 2 aromatic rings. The Morgan fingerprint density at radius 3 is 2.33 bits per heavy atom. The molecule has 0 bridgehead atoms. The maximum absolute atomic E-state index is 13.6. The van der Waals surface area contributed by atoms with Crippen LogP contribution in [0, 0.1) is 5.82 Å². The molecule has 0 atom stereocenters. The molecule has 0 amide bonds. The number of benzene rings is 1. The van der Waals surface area contributed by atoms with Crippen LogP contribution in [0.3, 0.4) is 0 Å². The standard InChI is InChI=1S/C12H7F4NO/c13-10-6-8(12(14,15)16)1-2-9(10)7-3-4-17-11(18)5-7/h1-6H,(H,17,18). The van der Waals surface area contributed by atoms with Crippen LogP contribution in [0.5, 0.6) is 0 Å². The molecular weight excluding hydrogens is 250 g/mol. The second-order valence-corrected chi connectivity index (χ2v) is 3.63. The molecular formula is C12H7F4NO. The Labute approximate surface area is 98.9 Å². The van der Waals surface area contributed by atoms with Crippen LogP contribution in [0.15, 0.2) is 41.3 Å². The van der Waals surface area contributed by atoms with Gasteiger partial charge in [0, 0.05) is 17.8 Å². The van der Waals surface area contributed by atoms with Gasteiger partial charge in [-0.15, -0.1) is 0 Å². The summed E-state index contributed by atoms with van der Waals surface area (Å²) >= 11 is 0. The van der Waals surface area contributed by atoms with Gasteiger partial charge in [0.25, 0.3) is 0 Å². The van der Waals surface area contributed by atoms with Crippen LogP contribution >= 0.6 is 0 Å². The summed E-state index contributed by atoms with van der Waals surface area (Å²) in [4.78, 5) is 13.4. The van der Waals surface area contributed by atoms with Crippen molar-refractivity contribution in [2.45, 2.75) is 6.18 Å². The van der Waals surface area contributed by atoms with E-state index in [1.807, 2.05) is 0 Å².